The van der Waals surface area contributed by atoms with E-state index in [-0.39, 0.29) is 4.21 Å². The Morgan fingerprint density at radius 3 is 2.96 bits per heavy atom. The normalized spacial score (nSPS) is 11.6. The van der Waals surface area contributed by atoms with Crippen LogP contribution >= 0.6 is 11.3 Å². The van der Waals surface area contributed by atoms with E-state index in [4.69, 9.17) is 4.74 Å². The number of anilines is 1. The summed E-state index contributed by atoms with van der Waals surface area (Å²) < 4.78 is 33.0. The Kier molecular flexibility index (Phi) is 4.76. The molecule has 9 heteroatoms. The predicted octanol–water partition coefficient (Wildman–Crippen LogP) is 2.79. The molecule has 130 valence electrons. The van der Waals surface area contributed by atoms with Crippen LogP contribution in [-0.2, 0) is 21.2 Å². The summed E-state index contributed by atoms with van der Waals surface area (Å²) in [5.74, 6) is 0. The van der Waals surface area contributed by atoms with Crippen LogP contribution in [0, 0.1) is 18.3 Å². The summed E-state index contributed by atoms with van der Waals surface area (Å²) in [5, 5.41) is 10.6. The number of hydrogen-bond donors (Lipinski definition) is 2. The van der Waals surface area contributed by atoms with Crippen LogP contribution < -0.4 is 4.72 Å². The van der Waals surface area contributed by atoms with Crippen LogP contribution in [-0.4, -0.2) is 32.1 Å². The first kappa shape index (κ1) is 17.4. The van der Waals surface area contributed by atoms with Crippen LogP contribution in [0.1, 0.15) is 16.1 Å². The molecule has 0 saturated carbocycles. The van der Waals surface area contributed by atoms with E-state index in [9.17, 15) is 13.7 Å². The van der Waals surface area contributed by atoms with Gasteiger partial charge in [0.15, 0.2) is 4.21 Å². The fourth-order valence-electron chi connectivity index (χ4n) is 2.51. The van der Waals surface area contributed by atoms with Crippen molar-refractivity contribution in [2.24, 2.45) is 0 Å². The highest BCUT2D eigenvalue weighted by molar-refractivity contribution is 7.94. The Morgan fingerprint density at radius 1 is 1.44 bits per heavy atom. The topological polar surface area (TPSA) is 108 Å². The number of hydrogen-bond acceptors (Lipinski definition) is 6. The molecule has 0 radical (unpaired) electrons. The zero-order chi connectivity index (χ0) is 18.0. The maximum Gasteiger partial charge on any atom is 0.273 e. The Morgan fingerprint density at radius 2 is 2.24 bits per heavy atom. The summed E-state index contributed by atoms with van der Waals surface area (Å²) >= 11 is 1.11. The molecular weight excluding hydrogens is 360 g/mol. The van der Waals surface area contributed by atoms with Gasteiger partial charge in [-0.05, 0) is 18.6 Å². The molecule has 1 aromatic carbocycles. The summed E-state index contributed by atoms with van der Waals surface area (Å²) in [5.41, 5.74) is 2.36. The molecule has 0 fully saturated rings. The Labute approximate surface area is 149 Å². The molecule has 25 heavy (non-hydrogen) atoms. The molecule has 7 nitrogen and oxygen atoms in total. The molecule has 0 saturated heterocycles. The van der Waals surface area contributed by atoms with Gasteiger partial charge in [0.1, 0.15) is 6.07 Å². The van der Waals surface area contributed by atoms with Gasteiger partial charge in [-0.3, -0.25) is 4.72 Å². The van der Waals surface area contributed by atoms with Crippen molar-refractivity contribution in [2.45, 2.75) is 17.6 Å². The number of fused-ring (bicyclic) bond motifs is 1. The second-order valence-electron chi connectivity index (χ2n) is 5.42. The minimum absolute atomic E-state index is 0.138. The highest BCUT2D eigenvalue weighted by atomic mass is 32.2. The van der Waals surface area contributed by atoms with Crippen molar-refractivity contribution >= 4 is 38.0 Å². The molecule has 0 aliphatic heterocycles. The van der Waals surface area contributed by atoms with Crippen molar-refractivity contribution < 1.29 is 13.2 Å². The number of nitrogens with one attached hydrogen (secondary N) is 2. The molecule has 0 amide bonds. The van der Waals surface area contributed by atoms with Crippen molar-refractivity contribution in [1.82, 2.24) is 9.97 Å². The van der Waals surface area contributed by atoms with Crippen LogP contribution in [0.2, 0.25) is 0 Å². The number of ether oxygens (including phenoxy) is 1. The number of methoxy groups -OCH3 is 1. The van der Waals surface area contributed by atoms with E-state index >= 15 is 0 Å². The molecule has 3 aromatic rings. The smallest absolute Gasteiger partial charge is 0.273 e. The molecule has 0 unspecified atom stereocenters. The third-order valence-corrected chi connectivity index (χ3v) is 6.61. The third-order valence-electron chi connectivity index (χ3n) is 3.73. The third kappa shape index (κ3) is 3.37. The number of thiazole rings is 1. The quantitative estimate of drug-likeness (QED) is 0.688. The number of aromatic nitrogens is 2. The van der Waals surface area contributed by atoms with Crippen LogP contribution in [0.3, 0.4) is 0 Å². The summed E-state index contributed by atoms with van der Waals surface area (Å²) in [6.07, 6.45) is 3.48. The van der Waals surface area contributed by atoms with Gasteiger partial charge in [-0.2, -0.15) is 5.26 Å². The molecule has 0 spiro atoms. The monoisotopic (exact) mass is 376 g/mol. The van der Waals surface area contributed by atoms with Crippen molar-refractivity contribution in [1.29, 1.82) is 5.26 Å². The number of benzene rings is 1. The van der Waals surface area contributed by atoms with Gasteiger partial charge in [0, 0.05) is 25.1 Å². The SMILES string of the molecule is COCCc1ncc(S(=O)(=O)Nc2ccc(C)c3c(C#N)c[nH]c23)s1. The molecule has 2 aromatic heterocycles. The number of rotatable bonds is 6. The summed E-state index contributed by atoms with van der Waals surface area (Å²) in [6, 6.07) is 5.57. The van der Waals surface area contributed by atoms with E-state index in [1.54, 1.807) is 25.4 Å². The van der Waals surface area contributed by atoms with E-state index < -0.39 is 10.0 Å². The number of nitriles is 1. The van der Waals surface area contributed by atoms with Crippen molar-refractivity contribution in [3.8, 4) is 6.07 Å². The van der Waals surface area contributed by atoms with Gasteiger partial charge in [-0.1, -0.05) is 6.07 Å². The van der Waals surface area contributed by atoms with Gasteiger partial charge in [-0.15, -0.1) is 11.3 Å². The highest BCUT2D eigenvalue weighted by Crippen LogP contribution is 2.30. The molecule has 0 atom stereocenters. The van der Waals surface area contributed by atoms with Gasteiger partial charge in [0.25, 0.3) is 10.0 Å². The summed E-state index contributed by atoms with van der Waals surface area (Å²) in [7, 11) is -2.17. The Balaban J connectivity index is 1.95. The number of aromatic amines is 1. The first-order valence-corrected chi connectivity index (χ1v) is 9.73. The van der Waals surface area contributed by atoms with Crippen molar-refractivity contribution in [2.75, 3.05) is 18.4 Å². The maximum absolute atomic E-state index is 12.6. The first-order chi connectivity index (χ1) is 12.0. The number of sulfonamides is 1. The van der Waals surface area contributed by atoms with Crippen LogP contribution in [0.25, 0.3) is 10.9 Å². The number of aryl methyl sites for hydroxylation is 1. The zero-order valence-corrected chi connectivity index (χ0v) is 15.3. The molecule has 0 aliphatic carbocycles. The zero-order valence-electron chi connectivity index (χ0n) is 13.7. The predicted molar refractivity (Wildman–Crippen MR) is 96.3 cm³/mol. The van der Waals surface area contributed by atoms with Crippen molar-refractivity contribution in [3.63, 3.8) is 0 Å². The summed E-state index contributed by atoms with van der Waals surface area (Å²) in [4.78, 5) is 7.10. The van der Waals surface area contributed by atoms with E-state index in [0.717, 1.165) is 16.9 Å². The minimum atomic E-state index is -3.76. The number of H-pyrrole nitrogens is 1. The second kappa shape index (κ2) is 6.84. The fraction of sp³-hybridized carbons (Fsp3) is 0.250. The van der Waals surface area contributed by atoms with E-state index in [1.807, 2.05) is 6.92 Å². The fourth-order valence-corrected chi connectivity index (χ4v) is 4.74. The molecule has 2 N–H and O–H groups in total. The Hall–Kier alpha value is -2.41. The molecule has 2 heterocycles. The largest absolute Gasteiger partial charge is 0.384 e. The molecule has 3 rings (SSSR count). The average molecular weight is 376 g/mol. The standard InChI is InChI=1S/C16H16N4O3S2/c1-10-3-4-12(16-15(10)11(7-17)8-19-16)20-25(21,22)14-9-18-13(24-14)5-6-23-2/h3-4,8-9,19-20H,5-6H2,1-2H3. The molecule has 0 aliphatic rings. The lowest BCUT2D eigenvalue weighted by molar-refractivity contribution is 0.202. The minimum Gasteiger partial charge on any atom is -0.384 e. The lowest BCUT2D eigenvalue weighted by atomic mass is 10.1. The van der Waals surface area contributed by atoms with Crippen LogP contribution in [0.4, 0.5) is 5.69 Å². The summed E-state index contributed by atoms with van der Waals surface area (Å²) in [6.45, 7) is 2.36. The van der Waals surface area contributed by atoms with Gasteiger partial charge in [0.2, 0.25) is 0 Å². The lowest BCUT2D eigenvalue weighted by Crippen LogP contribution is -2.12. The highest BCUT2D eigenvalue weighted by Gasteiger charge is 2.20. The molecular formula is C16H16N4O3S2. The van der Waals surface area contributed by atoms with Gasteiger partial charge >= 0.3 is 0 Å². The van der Waals surface area contributed by atoms with Crippen LogP contribution in [0.5, 0.6) is 0 Å². The second-order valence-corrected chi connectivity index (χ2v) is 8.44. The Bertz CT molecular complexity index is 1060. The van der Waals surface area contributed by atoms with Gasteiger partial charge in [-0.25, -0.2) is 13.4 Å². The van der Waals surface area contributed by atoms with E-state index in [0.29, 0.717) is 40.2 Å². The van der Waals surface area contributed by atoms with E-state index in [1.165, 1.54) is 6.20 Å². The number of nitrogens with zero attached hydrogens (tertiary/aromatic N) is 2. The molecule has 0 bridgehead atoms. The maximum atomic E-state index is 12.6. The van der Waals surface area contributed by atoms with Gasteiger partial charge < -0.3 is 9.72 Å². The van der Waals surface area contributed by atoms with Crippen molar-refractivity contribution in [3.05, 3.63) is 40.7 Å². The van der Waals surface area contributed by atoms with E-state index in [2.05, 4.69) is 20.8 Å². The van der Waals surface area contributed by atoms with Crippen LogP contribution in [0.15, 0.2) is 28.7 Å². The van der Waals surface area contributed by atoms with Gasteiger partial charge in [0.05, 0.1) is 34.6 Å². The lowest BCUT2D eigenvalue weighted by Gasteiger charge is -2.08. The average Bonchev–Trinajstić information content (AvgIpc) is 3.23. The first-order valence-electron chi connectivity index (χ1n) is 7.43.